The van der Waals surface area contributed by atoms with Gasteiger partial charge in [-0.15, -0.1) is 0 Å². The van der Waals surface area contributed by atoms with Crippen molar-refractivity contribution in [3.8, 4) is 6.07 Å². The summed E-state index contributed by atoms with van der Waals surface area (Å²) in [6.45, 7) is 0. The monoisotopic (exact) mass is 240 g/mol. The van der Waals surface area contributed by atoms with Gasteiger partial charge in [0.1, 0.15) is 11.6 Å². The second-order valence-electron chi connectivity index (χ2n) is 4.00. The summed E-state index contributed by atoms with van der Waals surface area (Å²) in [5, 5.41) is 12.7. The molecule has 1 fully saturated rings. The average molecular weight is 240 g/mol. The van der Waals surface area contributed by atoms with E-state index >= 15 is 0 Å². The Bertz CT molecular complexity index is 536. The second kappa shape index (κ2) is 3.79. The molecule has 1 aliphatic rings. The van der Waals surface area contributed by atoms with Crippen molar-refractivity contribution in [1.82, 2.24) is 9.78 Å². The Labute approximate surface area is 93.9 Å². The fraction of sp³-hybridized carbons (Fsp3) is 0.556. The van der Waals surface area contributed by atoms with Crippen LogP contribution in [-0.4, -0.2) is 24.0 Å². The Morgan fingerprint density at radius 3 is 2.94 bits per heavy atom. The molecule has 0 unspecified atom stereocenters. The van der Waals surface area contributed by atoms with Gasteiger partial charge >= 0.3 is 0 Å². The van der Waals surface area contributed by atoms with Crippen LogP contribution in [-0.2, 0) is 17.1 Å². The van der Waals surface area contributed by atoms with Crippen molar-refractivity contribution in [3.05, 3.63) is 11.8 Å². The van der Waals surface area contributed by atoms with Crippen molar-refractivity contribution in [2.75, 3.05) is 10.5 Å². The van der Waals surface area contributed by atoms with Crippen molar-refractivity contribution >= 4 is 15.8 Å². The number of nitrogens with one attached hydrogen (secondary N) is 1. The number of nitriles is 1. The van der Waals surface area contributed by atoms with E-state index in [1.54, 1.807) is 7.05 Å². The maximum absolute atomic E-state index is 11.7. The van der Waals surface area contributed by atoms with Gasteiger partial charge < -0.3 is 0 Å². The van der Waals surface area contributed by atoms with Crippen LogP contribution >= 0.6 is 0 Å². The molecule has 1 saturated carbocycles. The van der Waals surface area contributed by atoms with E-state index in [4.69, 9.17) is 5.26 Å². The summed E-state index contributed by atoms with van der Waals surface area (Å²) in [7, 11) is -1.73. The topological polar surface area (TPSA) is 87.8 Å². The Morgan fingerprint density at radius 1 is 1.69 bits per heavy atom. The van der Waals surface area contributed by atoms with Crippen LogP contribution in [0.1, 0.15) is 18.4 Å². The molecule has 0 radical (unpaired) electrons. The lowest BCUT2D eigenvalue weighted by molar-refractivity contribution is 0.597. The third kappa shape index (κ3) is 2.52. The maximum Gasteiger partial charge on any atom is 0.234 e. The Kier molecular flexibility index (Phi) is 2.59. The average Bonchev–Trinajstić information content (AvgIpc) is 2.89. The molecule has 1 N–H and O–H groups in total. The minimum atomic E-state index is -3.37. The van der Waals surface area contributed by atoms with Gasteiger partial charge in [-0.2, -0.15) is 10.4 Å². The number of aryl methyl sites for hydroxylation is 1. The fourth-order valence-corrected chi connectivity index (χ4v) is 2.91. The Morgan fingerprint density at radius 2 is 2.38 bits per heavy atom. The van der Waals surface area contributed by atoms with E-state index in [2.05, 4.69) is 9.82 Å². The highest BCUT2D eigenvalue weighted by Gasteiger charge is 2.28. The Hall–Kier alpha value is -1.55. The quantitative estimate of drug-likeness (QED) is 0.827. The first-order valence-corrected chi connectivity index (χ1v) is 6.59. The highest BCUT2D eigenvalue weighted by molar-refractivity contribution is 7.92. The van der Waals surface area contributed by atoms with E-state index in [1.165, 1.54) is 10.9 Å². The first-order chi connectivity index (χ1) is 7.50. The SMILES string of the molecule is Cn1cc(C#N)c(NS(=O)(=O)CC2CC2)n1. The number of rotatable bonds is 4. The lowest BCUT2D eigenvalue weighted by Crippen LogP contribution is -2.18. The first-order valence-electron chi connectivity index (χ1n) is 4.94. The van der Waals surface area contributed by atoms with Gasteiger partial charge in [0.05, 0.1) is 5.75 Å². The van der Waals surface area contributed by atoms with Crippen LogP contribution in [0, 0.1) is 17.2 Å². The van der Waals surface area contributed by atoms with Crippen molar-refractivity contribution in [3.63, 3.8) is 0 Å². The molecule has 1 aliphatic carbocycles. The minimum Gasteiger partial charge on any atom is -0.272 e. The van der Waals surface area contributed by atoms with Gasteiger partial charge in [-0.25, -0.2) is 8.42 Å². The largest absolute Gasteiger partial charge is 0.272 e. The van der Waals surface area contributed by atoms with Gasteiger partial charge in [-0.05, 0) is 18.8 Å². The van der Waals surface area contributed by atoms with Gasteiger partial charge in [-0.3, -0.25) is 9.40 Å². The number of hydrogen-bond donors (Lipinski definition) is 1. The zero-order valence-electron chi connectivity index (χ0n) is 8.84. The van der Waals surface area contributed by atoms with Gasteiger partial charge in [0.15, 0.2) is 5.82 Å². The highest BCUT2D eigenvalue weighted by Crippen LogP contribution is 2.30. The molecule has 2 rings (SSSR count). The van der Waals surface area contributed by atoms with Gasteiger partial charge in [0.2, 0.25) is 10.0 Å². The van der Waals surface area contributed by atoms with E-state index in [-0.39, 0.29) is 23.1 Å². The van der Waals surface area contributed by atoms with Gasteiger partial charge in [0.25, 0.3) is 0 Å². The summed E-state index contributed by atoms with van der Waals surface area (Å²) >= 11 is 0. The van der Waals surface area contributed by atoms with E-state index in [1.807, 2.05) is 6.07 Å². The normalized spacial score (nSPS) is 15.8. The molecule has 6 nitrogen and oxygen atoms in total. The molecule has 0 spiro atoms. The number of aromatic nitrogens is 2. The molecule has 0 amide bonds. The molecule has 16 heavy (non-hydrogen) atoms. The number of sulfonamides is 1. The van der Waals surface area contributed by atoms with Crippen molar-refractivity contribution in [1.29, 1.82) is 5.26 Å². The van der Waals surface area contributed by atoms with Crippen molar-refractivity contribution in [2.24, 2.45) is 13.0 Å². The van der Waals surface area contributed by atoms with Crippen LogP contribution < -0.4 is 4.72 Å². The number of anilines is 1. The molecule has 86 valence electrons. The van der Waals surface area contributed by atoms with E-state index in [9.17, 15) is 8.42 Å². The molecule has 0 saturated heterocycles. The predicted octanol–water partition coefficient (Wildman–Crippen LogP) is 0.443. The van der Waals surface area contributed by atoms with Gasteiger partial charge in [0, 0.05) is 13.2 Å². The van der Waals surface area contributed by atoms with Crippen LogP contribution in [0.5, 0.6) is 0 Å². The minimum absolute atomic E-state index is 0.116. The summed E-state index contributed by atoms with van der Waals surface area (Å²) in [6.07, 6.45) is 3.41. The van der Waals surface area contributed by atoms with E-state index < -0.39 is 10.0 Å². The standard InChI is InChI=1S/C9H12N4O2S/c1-13-5-8(4-10)9(11-13)12-16(14,15)6-7-2-3-7/h5,7H,2-3,6H2,1H3,(H,11,12). The van der Waals surface area contributed by atoms with Crippen LogP contribution in [0.3, 0.4) is 0 Å². The number of nitrogens with zero attached hydrogens (tertiary/aromatic N) is 3. The van der Waals surface area contributed by atoms with Crippen molar-refractivity contribution < 1.29 is 8.42 Å². The third-order valence-corrected chi connectivity index (χ3v) is 3.77. The van der Waals surface area contributed by atoms with E-state index in [0.717, 1.165) is 12.8 Å². The third-order valence-electron chi connectivity index (χ3n) is 2.35. The van der Waals surface area contributed by atoms with Crippen LogP contribution in [0.2, 0.25) is 0 Å². The van der Waals surface area contributed by atoms with Gasteiger partial charge in [-0.1, -0.05) is 0 Å². The summed E-state index contributed by atoms with van der Waals surface area (Å²) < 4.78 is 27.1. The number of hydrogen-bond acceptors (Lipinski definition) is 4. The zero-order chi connectivity index (χ0) is 11.8. The summed E-state index contributed by atoms with van der Waals surface area (Å²) in [5.74, 6) is 0.506. The molecule has 1 heterocycles. The molecular formula is C9H12N4O2S. The zero-order valence-corrected chi connectivity index (χ0v) is 9.66. The van der Waals surface area contributed by atoms with E-state index in [0.29, 0.717) is 0 Å². The summed E-state index contributed by atoms with van der Waals surface area (Å²) in [5.41, 5.74) is 0.238. The van der Waals surface area contributed by atoms with Crippen LogP contribution in [0.15, 0.2) is 6.20 Å². The first kappa shape index (κ1) is 11.0. The molecule has 7 heteroatoms. The Balaban J connectivity index is 2.16. The smallest absolute Gasteiger partial charge is 0.234 e. The lowest BCUT2D eigenvalue weighted by atomic mass is 10.4. The fourth-order valence-electron chi connectivity index (χ4n) is 1.43. The molecule has 0 atom stereocenters. The summed E-state index contributed by atoms with van der Waals surface area (Å²) in [4.78, 5) is 0. The predicted molar refractivity (Wildman–Crippen MR) is 58.1 cm³/mol. The highest BCUT2D eigenvalue weighted by atomic mass is 32.2. The van der Waals surface area contributed by atoms with Crippen LogP contribution in [0.25, 0.3) is 0 Å². The molecule has 0 aliphatic heterocycles. The second-order valence-corrected chi connectivity index (χ2v) is 5.77. The van der Waals surface area contributed by atoms with Crippen molar-refractivity contribution in [2.45, 2.75) is 12.8 Å². The van der Waals surface area contributed by atoms with Crippen LogP contribution in [0.4, 0.5) is 5.82 Å². The lowest BCUT2D eigenvalue weighted by Gasteiger charge is -2.04. The molecule has 1 aromatic heterocycles. The molecular weight excluding hydrogens is 228 g/mol. The maximum atomic E-state index is 11.7. The summed E-state index contributed by atoms with van der Waals surface area (Å²) in [6, 6.07) is 1.90. The molecule has 1 aromatic rings. The molecule has 0 aromatic carbocycles. The molecule has 0 bridgehead atoms.